The van der Waals surface area contributed by atoms with Gasteiger partial charge < -0.3 is 9.47 Å². The molecule has 1 fully saturated rings. The zero-order valence-corrected chi connectivity index (χ0v) is 16.2. The standard InChI is InChI=1S/C21H24N4.ClH/c1-14-15(2)25(12-16-7-8-16)20-19(14)11-22-23-21(20)24-10-9-17-5-3-4-6-18(17)13-24;/h3-6,11,16H,7-10,12-13H2,1-2H3;1H. The van der Waals surface area contributed by atoms with Crippen molar-refractivity contribution < 1.29 is 0 Å². The SMILES string of the molecule is Cc1c(C)n(CC2CC2)c2c(N3CCc4ccccc4C3)nncc12.Cl. The fraction of sp³-hybridized carbons (Fsp3) is 0.429. The van der Waals surface area contributed by atoms with Crippen LogP contribution in [0.5, 0.6) is 0 Å². The van der Waals surface area contributed by atoms with Gasteiger partial charge in [-0.3, -0.25) is 0 Å². The van der Waals surface area contributed by atoms with Crippen molar-refractivity contribution in [3.63, 3.8) is 0 Å². The number of hydrogen-bond acceptors (Lipinski definition) is 3. The molecule has 136 valence electrons. The largest absolute Gasteiger partial charge is 0.349 e. The predicted molar refractivity (Wildman–Crippen MR) is 108 cm³/mol. The third kappa shape index (κ3) is 2.77. The molecule has 0 unspecified atom stereocenters. The van der Waals surface area contributed by atoms with E-state index >= 15 is 0 Å². The zero-order chi connectivity index (χ0) is 17.0. The summed E-state index contributed by atoms with van der Waals surface area (Å²) in [7, 11) is 0. The molecule has 1 aliphatic heterocycles. The highest BCUT2D eigenvalue weighted by Gasteiger charge is 2.27. The minimum absolute atomic E-state index is 0. The fourth-order valence-electron chi connectivity index (χ4n) is 4.15. The molecule has 1 saturated carbocycles. The molecule has 5 rings (SSSR count). The van der Waals surface area contributed by atoms with Gasteiger partial charge in [0.2, 0.25) is 0 Å². The Balaban J connectivity index is 0.00000168. The van der Waals surface area contributed by atoms with E-state index in [0.29, 0.717) is 0 Å². The van der Waals surface area contributed by atoms with Crippen LogP contribution < -0.4 is 4.90 Å². The first-order valence-corrected chi connectivity index (χ1v) is 9.35. The van der Waals surface area contributed by atoms with Crippen LogP contribution in [-0.4, -0.2) is 21.3 Å². The third-order valence-electron chi connectivity index (χ3n) is 6.00. The van der Waals surface area contributed by atoms with Crippen molar-refractivity contribution in [2.75, 3.05) is 11.4 Å². The Morgan fingerprint density at radius 1 is 1.12 bits per heavy atom. The summed E-state index contributed by atoms with van der Waals surface area (Å²) >= 11 is 0. The second-order valence-corrected chi connectivity index (χ2v) is 7.64. The zero-order valence-electron chi connectivity index (χ0n) is 15.4. The summed E-state index contributed by atoms with van der Waals surface area (Å²) in [5.74, 6) is 1.90. The summed E-state index contributed by atoms with van der Waals surface area (Å²) in [6.07, 6.45) is 5.75. The highest BCUT2D eigenvalue weighted by Crippen LogP contribution is 2.37. The molecule has 0 saturated heterocycles. The maximum Gasteiger partial charge on any atom is 0.176 e. The fourth-order valence-corrected chi connectivity index (χ4v) is 4.15. The van der Waals surface area contributed by atoms with Crippen molar-refractivity contribution in [2.24, 2.45) is 5.92 Å². The van der Waals surface area contributed by atoms with Gasteiger partial charge in [-0.2, -0.15) is 5.10 Å². The Morgan fingerprint density at radius 2 is 1.88 bits per heavy atom. The van der Waals surface area contributed by atoms with Crippen molar-refractivity contribution >= 4 is 29.1 Å². The van der Waals surface area contributed by atoms with Crippen LogP contribution in [-0.2, 0) is 19.5 Å². The van der Waals surface area contributed by atoms with Gasteiger partial charge in [0, 0.05) is 30.7 Å². The molecule has 0 bridgehead atoms. The lowest BCUT2D eigenvalue weighted by Gasteiger charge is -2.30. The van der Waals surface area contributed by atoms with E-state index in [4.69, 9.17) is 0 Å². The highest BCUT2D eigenvalue weighted by molar-refractivity contribution is 5.93. The first-order valence-electron chi connectivity index (χ1n) is 9.35. The first kappa shape index (κ1) is 17.3. The number of anilines is 1. The van der Waals surface area contributed by atoms with E-state index in [1.807, 2.05) is 6.20 Å². The lowest BCUT2D eigenvalue weighted by atomic mass is 10.00. The molecule has 26 heavy (non-hydrogen) atoms. The molecule has 0 atom stereocenters. The van der Waals surface area contributed by atoms with Crippen LogP contribution in [0.3, 0.4) is 0 Å². The number of fused-ring (bicyclic) bond motifs is 2. The second-order valence-electron chi connectivity index (χ2n) is 7.64. The van der Waals surface area contributed by atoms with E-state index in [9.17, 15) is 0 Å². The van der Waals surface area contributed by atoms with Crippen LogP contribution in [0.15, 0.2) is 30.5 Å². The van der Waals surface area contributed by atoms with Crippen LogP contribution in [0.25, 0.3) is 10.9 Å². The molecule has 0 N–H and O–H groups in total. The molecular formula is C21H25ClN4. The monoisotopic (exact) mass is 368 g/mol. The summed E-state index contributed by atoms with van der Waals surface area (Å²) in [6.45, 7) is 7.53. The lowest BCUT2D eigenvalue weighted by Crippen LogP contribution is -2.31. The number of benzene rings is 1. The highest BCUT2D eigenvalue weighted by atomic mass is 35.5. The smallest absolute Gasteiger partial charge is 0.176 e. The number of halogens is 1. The molecule has 2 aromatic heterocycles. The van der Waals surface area contributed by atoms with Gasteiger partial charge in [0.05, 0.1) is 11.7 Å². The normalized spacial score (nSPS) is 16.5. The molecule has 5 heteroatoms. The van der Waals surface area contributed by atoms with Gasteiger partial charge in [0.25, 0.3) is 0 Å². The summed E-state index contributed by atoms with van der Waals surface area (Å²) in [5, 5.41) is 10.2. The topological polar surface area (TPSA) is 34.0 Å². The van der Waals surface area contributed by atoms with Gasteiger partial charge in [0.15, 0.2) is 5.82 Å². The van der Waals surface area contributed by atoms with Crippen LogP contribution in [0.1, 0.15) is 35.2 Å². The summed E-state index contributed by atoms with van der Waals surface area (Å²) in [4.78, 5) is 2.42. The Morgan fingerprint density at radius 3 is 2.65 bits per heavy atom. The van der Waals surface area contributed by atoms with Crippen LogP contribution >= 0.6 is 12.4 Å². The van der Waals surface area contributed by atoms with Crippen molar-refractivity contribution in [3.05, 3.63) is 52.8 Å². The number of aryl methyl sites for hydroxylation is 1. The summed E-state index contributed by atoms with van der Waals surface area (Å²) in [6, 6.07) is 8.78. The Kier molecular flexibility index (Phi) is 4.39. The van der Waals surface area contributed by atoms with Crippen LogP contribution in [0, 0.1) is 19.8 Å². The molecule has 1 aromatic carbocycles. The van der Waals surface area contributed by atoms with Crippen molar-refractivity contribution in [1.82, 2.24) is 14.8 Å². The molecule has 3 heterocycles. The van der Waals surface area contributed by atoms with E-state index in [-0.39, 0.29) is 12.4 Å². The molecule has 3 aromatic rings. The van der Waals surface area contributed by atoms with E-state index in [2.05, 4.69) is 57.8 Å². The summed E-state index contributed by atoms with van der Waals surface area (Å²) in [5.41, 5.74) is 6.90. The van der Waals surface area contributed by atoms with Gasteiger partial charge in [0.1, 0.15) is 0 Å². The number of hydrogen-bond donors (Lipinski definition) is 0. The Bertz CT molecular complexity index is 958. The molecule has 0 amide bonds. The maximum atomic E-state index is 4.60. The van der Waals surface area contributed by atoms with Gasteiger partial charge >= 0.3 is 0 Å². The minimum atomic E-state index is 0. The minimum Gasteiger partial charge on any atom is -0.349 e. The van der Waals surface area contributed by atoms with Gasteiger partial charge in [-0.25, -0.2) is 0 Å². The molecular weight excluding hydrogens is 344 g/mol. The molecule has 0 spiro atoms. The molecule has 1 aliphatic carbocycles. The molecule has 4 nitrogen and oxygen atoms in total. The van der Waals surface area contributed by atoms with Crippen molar-refractivity contribution in [1.29, 1.82) is 0 Å². The van der Waals surface area contributed by atoms with Gasteiger partial charge in [-0.15, -0.1) is 17.5 Å². The van der Waals surface area contributed by atoms with E-state index in [1.165, 1.54) is 46.1 Å². The van der Waals surface area contributed by atoms with E-state index < -0.39 is 0 Å². The van der Waals surface area contributed by atoms with Gasteiger partial charge in [-0.1, -0.05) is 24.3 Å². The quantitative estimate of drug-likeness (QED) is 0.685. The number of nitrogens with zero attached hydrogens (tertiary/aromatic N) is 4. The average molecular weight is 369 g/mol. The molecule has 2 aliphatic rings. The van der Waals surface area contributed by atoms with Crippen molar-refractivity contribution in [2.45, 2.75) is 46.2 Å². The van der Waals surface area contributed by atoms with E-state index in [0.717, 1.165) is 37.8 Å². The van der Waals surface area contributed by atoms with E-state index in [1.54, 1.807) is 0 Å². The Hall–Kier alpha value is -2.07. The maximum absolute atomic E-state index is 4.60. The Labute approximate surface area is 160 Å². The first-order chi connectivity index (χ1) is 12.2. The number of rotatable bonds is 3. The van der Waals surface area contributed by atoms with Crippen LogP contribution in [0.2, 0.25) is 0 Å². The van der Waals surface area contributed by atoms with Crippen LogP contribution in [0.4, 0.5) is 5.82 Å². The third-order valence-corrected chi connectivity index (χ3v) is 6.00. The molecule has 0 radical (unpaired) electrons. The summed E-state index contributed by atoms with van der Waals surface area (Å²) < 4.78 is 2.51. The lowest BCUT2D eigenvalue weighted by molar-refractivity contribution is 0.628. The number of aromatic nitrogens is 3. The second kappa shape index (κ2) is 6.58. The average Bonchev–Trinajstić information content (AvgIpc) is 3.44. The van der Waals surface area contributed by atoms with Gasteiger partial charge in [-0.05, 0) is 55.7 Å². The predicted octanol–water partition coefficient (Wildman–Crippen LogP) is 4.44. The van der Waals surface area contributed by atoms with Crippen molar-refractivity contribution in [3.8, 4) is 0 Å².